The Bertz CT molecular complexity index is 1020. The normalized spacial score (nSPS) is 10.3. The van der Waals surface area contributed by atoms with Gasteiger partial charge in [0.05, 0.1) is 0 Å². The number of aromatic nitrogens is 1. The maximum Gasteiger partial charge on any atom is 0.351 e. The van der Waals surface area contributed by atoms with Crippen LogP contribution in [0.15, 0.2) is 67.0 Å². The number of ether oxygens (including phenoxy) is 1. The Morgan fingerprint density at radius 2 is 1.77 bits per heavy atom. The van der Waals surface area contributed by atoms with Crippen molar-refractivity contribution in [2.75, 3.05) is 0 Å². The van der Waals surface area contributed by atoms with Gasteiger partial charge in [-0.2, -0.15) is 0 Å². The summed E-state index contributed by atoms with van der Waals surface area (Å²) in [6, 6.07) is 14.1. The highest BCUT2D eigenvalue weighted by atomic mass is 16.5. The molecular weight excluding hydrogens is 336 g/mol. The maximum atomic E-state index is 12.1. The second kappa shape index (κ2) is 6.94. The Hall–Kier alpha value is -3.87. The van der Waals surface area contributed by atoms with Crippen LogP contribution >= 0.6 is 0 Å². The average Bonchev–Trinajstić information content (AvgIpc) is 2.63. The average molecular weight is 350 g/mol. The van der Waals surface area contributed by atoms with E-state index in [4.69, 9.17) is 9.84 Å². The summed E-state index contributed by atoms with van der Waals surface area (Å²) < 4.78 is 5.80. The third kappa shape index (κ3) is 3.32. The summed E-state index contributed by atoms with van der Waals surface area (Å²) in [6.07, 6.45) is 1.38. The molecule has 7 nitrogen and oxygen atoms in total. The van der Waals surface area contributed by atoms with Gasteiger partial charge < -0.3 is 20.3 Å². The first-order chi connectivity index (χ1) is 12.5. The summed E-state index contributed by atoms with van der Waals surface area (Å²) in [5.41, 5.74) is -0.825. The minimum Gasteiger partial charge on any atom is -0.505 e. The first-order valence-corrected chi connectivity index (χ1v) is 7.54. The van der Waals surface area contributed by atoms with Gasteiger partial charge in [0, 0.05) is 17.0 Å². The molecule has 26 heavy (non-hydrogen) atoms. The van der Waals surface area contributed by atoms with Crippen molar-refractivity contribution < 1.29 is 24.5 Å². The van der Waals surface area contributed by atoms with E-state index in [0.29, 0.717) is 22.3 Å². The quantitative estimate of drug-likeness (QED) is 0.610. The van der Waals surface area contributed by atoms with Crippen molar-refractivity contribution in [3.63, 3.8) is 0 Å². The standard InChI is InChI=1S/C19H14N2O5/c1-11(19(24)25)21-18(23)16-17(22)13-8-5-9-15(14(13)10-20-16)26-12-6-3-2-4-7-12/h2-10,22H,1H2,(H,21,23)(H,24,25). The molecule has 3 rings (SSSR count). The number of para-hydroxylation sites is 1. The number of nitrogens with zero attached hydrogens (tertiary/aromatic N) is 1. The van der Waals surface area contributed by atoms with Crippen molar-refractivity contribution in [1.82, 2.24) is 10.3 Å². The van der Waals surface area contributed by atoms with E-state index in [0.717, 1.165) is 0 Å². The minimum atomic E-state index is -1.38. The van der Waals surface area contributed by atoms with Gasteiger partial charge in [-0.05, 0) is 18.2 Å². The van der Waals surface area contributed by atoms with Gasteiger partial charge in [0.25, 0.3) is 5.91 Å². The molecule has 0 aliphatic heterocycles. The molecule has 1 heterocycles. The van der Waals surface area contributed by atoms with Crippen molar-refractivity contribution in [3.8, 4) is 17.2 Å². The number of benzene rings is 2. The number of carbonyl (C=O) groups excluding carboxylic acids is 1. The lowest BCUT2D eigenvalue weighted by Crippen LogP contribution is -2.27. The molecule has 0 bridgehead atoms. The Morgan fingerprint density at radius 1 is 1.04 bits per heavy atom. The summed E-state index contributed by atoms with van der Waals surface area (Å²) in [5, 5.41) is 22.1. The van der Waals surface area contributed by atoms with E-state index in [1.54, 1.807) is 30.3 Å². The molecule has 1 amide bonds. The van der Waals surface area contributed by atoms with Crippen LogP contribution in [0.4, 0.5) is 0 Å². The van der Waals surface area contributed by atoms with Crippen LogP contribution < -0.4 is 10.1 Å². The largest absolute Gasteiger partial charge is 0.505 e. The summed E-state index contributed by atoms with van der Waals surface area (Å²) in [4.78, 5) is 26.8. The van der Waals surface area contributed by atoms with E-state index in [9.17, 15) is 14.7 Å². The molecule has 0 saturated heterocycles. The van der Waals surface area contributed by atoms with E-state index < -0.39 is 17.6 Å². The van der Waals surface area contributed by atoms with Crippen LogP contribution in [0.1, 0.15) is 10.5 Å². The van der Waals surface area contributed by atoms with Gasteiger partial charge in [0.1, 0.15) is 17.2 Å². The number of carboxylic acid groups (broad SMARTS) is 1. The highest BCUT2D eigenvalue weighted by Crippen LogP contribution is 2.35. The van der Waals surface area contributed by atoms with Gasteiger partial charge in [-0.25, -0.2) is 9.78 Å². The molecule has 3 aromatic rings. The van der Waals surface area contributed by atoms with Crippen molar-refractivity contribution in [3.05, 3.63) is 72.7 Å². The fraction of sp³-hybridized carbons (Fsp3) is 0. The van der Waals surface area contributed by atoms with Crippen LogP contribution in [0.25, 0.3) is 10.8 Å². The van der Waals surface area contributed by atoms with Crippen molar-refractivity contribution in [2.45, 2.75) is 0 Å². The smallest absolute Gasteiger partial charge is 0.351 e. The molecular formula is C19H14N2O5. The number of fused-ring (bicyclic) bond motifs is 1. The predicted octanol–water partition coefficient (Wildman–Crippen LogP) is 3.06. The van der Waals surface area contributed by atoms with Crippen molar-refractivity contribution >= 4 is 22.6 Å². The van der Waals surface area contributed by atoms with Gasteiger partial charge in [-0.3, -0.25) is 4.79 Å². The second-order valence-electron chi connectivity index (χ2n) is 5.33. The number of aliphatic carboxylic acids is 1. The molecule has 0 saturated carbocycles. The van der Waals surface area contributed by atoms with E-state index >= 15 is 0 Å². The molecule has 0 unspecified atom stereocenters. The lowest BCUT2D eigenvalue weighted by Gasteiger charge is -2.11. The van der Waals surface area contributed by atoms with Crippen LogP contribution in [-0.4, -0.2) is 27.1 Å². The van der Waals surface area contributed by atoms with Gasteiger partial charge in [0.15, 0.2) is 11.4 Å². The summed E-state index contributed by atoms with van der Waals surface area (Å²) in [6.45, 7) is 3.21. The van der Waals surface area contributed by atoms with Crippen LogP contribution in [0.5, 0.6) is 17.2 Å². The SMILES string of the molecule is C=C(NC(=O)c1ncc2c(Oc3ccccc3)cccc2c1O)C(=O)O. The number of hydrogen-bond donors (Lipinski definition) is 3. The molecule has 0 spiro atoms. The Morgan fingerprint density at radius 3 is 2.46 bits per heavy atom. The maximum absolute atomic E-state index is 12.1. The number of nitrogens with one attached hydrogen (secondary N) is 1. The zero-order valence-electron chi connectivity index (χ0n) is 13.5. The predicted molar refractivity (Wildman–Crippen MR) is 94.2 cm³/mol. The number of carboxylic acids is 1. The molecule has 0 aliphatic rings. The van der Waals surface area contributed by atoms with E-state index in [1.807, 2.05) is 18.2 Å². The van der Waals surface area contributed by atoms with Gasteiger partial charge >= 0.3 is 5.97 Å². The number of pyridine rings is 1. The van der Waals surface area contributed by atoms with Crippen LogP contribution in [0.2, 0.25) is 0 Å². The zero-order valence-corrected chi connectivity index (χ0v) is 13.5. The monoisotopic (exact) mass is 350 g/mol. The summed E-state index contributed by atoms with van der Waals surface area (Å²) in [7, 11) is 0. The molecule has 0 fully saturated rings. The topological polar surface area (TPSA) is 109 Å². The third-order valence-electron chi connectivity index (χ3n) is 3.58. The van der Waals surface area contributed by atoms with E-state index in [1.165, 1.54) is 6.20 Å². The first-order valence-electron chi connectivity index (χ1n) is 7.54. The number of carbonyl (C=O) groups is 2. The number of rotatable bonds is 5. The number of hydrogen-bond acceptors (Lipinski definition) is 5. The molecule has 0 aliphatic carbocycles. The van der Waals surface area contributed by atoms with Gasteiger partial charge in [-0.1, -0.05) is 36.9 Å². The Kier molecular flexibility index (Phi) is 4.53. The Balaban J connectivity index is 1.98. The summed E-state index contributed by atoms with van der Waals surface area (Å²) >= 11 is 0. The molecule has 0 atom stereocenters. The first kappa shape index (κ1) is 17.0. The molecule has 2 aromatic carbocycles. The fourth-order valence-electron chi connectivity index (χ4n) is 2.32. The van der Waals surface area contributed by atoms with Crippen LogP contribution in [0.3, 0.4) is 0 Å². The zero-order chi connectivity index (χ0) is 18.7. The molecule has 1 aromatic heterocycles. The van der Waals surface area contributed by atoms with Crippen LogP contribution in [-0.2, 0) is 4.79 Å². The molecule has 7 heteroatoms. The Labute approximate surface area is 148 Å². The molecule has 130 valence electrons. The van der Waals surface area contributed by atoms with Gasteiger partial charge in [-0.15, -0.1) is 0 Å². The third-order valence-corrected chi connectivity index (χ3v) is 3.58. The molecule has 3 N–H and O–H groups in total. The van der Waals surface area contributed by atoms with E-state index in [2.05, 4.69) is 16.9 Å². The van der Waals surface area contributed by atoms with Gasteiger partial charge in [0.2, 0.25) is 0 Å². The minimum absolute atomic E-state index is 0.309. The highest BCUT2D eigenvalue weighted by molar-refractivity contribution is 6.05. The van der Waals surface area contributed by atoms with Crippen LogP contribution in [0, 0.1) is 0 Å². The lowest BCUT2D eigenvalue weighted by molar-refractivity contribution is -0.132. The highest BCUT2D eigenvalue weighted by Gasteiger charge is 2.19. The van der Waals surface area contributed by atoms with Crippen molar-refractivity contribution in [2.24, 2.45) is 0 Å². The second-order valence-corrected chi connectivity index (χ2v) is 5.33. The lowest BCUT2D eigenvalue weighted by atomic mass is 10.1. The fourth-order valence-corrected chi connectivity index (χ4v) is 2.32. The molecule has 0 radical (unpaired) electrons. The van der Waals surface area contributed by atoms with Crippen molar-refractivity contribution in [1.29, 1.82) is 0 Å². The number of amides is 1. The summed E-state index contributed by atoms with van der Waals surface area (Å²) in [5.74, 6) is -1.56. The van der Waals surface area contributed by atoms with E-state index in [-0.39, 0.29) is 11.4 Å². The number of aromatic hydroxyl groups is 1.